The van der Waals surface area contributed by atoms with Gasteiger partial charge < -0.3 is 9.52 Å². The van der Waals surface area contributed by atoms with E-state index in [9.17, 15) is 4.79 Å². The highest BCUT2D eigenvalue weighted by molar-refractivity contribution is 5.86. The smallest absolute Gasteiger partial charge is 0.358 e. The fraction of sp³-hybridized carbons (Fsp3) is 0.154. The monoisotopic (exact) mass is 285 g/mol. The predicted molar refractivity (Wildman–Crippen MR) is 70.6 cm³/mol. The van der Waals surface area contributed by atoms with Gasteiger partial charge in [0.25, 0.3) is 0 Å². The summed E-state index contributed by atoms with van der Waals surface area (Å²) in [6, 6.07) is 9.37. The van der Waals surface area contributed by atoms with Crippen LogP contribution < -0.4 is 0 Å². The molecule has 0 aliphatic carbocycles. The molecule has 1 aromatic carbocycles. The summed E-state index contributed by atoms with van der Waals surface area (Å²) in [4.78, 5) is 10.9. The Morgan fingerprint density at radius 2 is 2.00 bits per heavy atom. The minimum atomic E-state index is -1.12. The number of hydrogen-bond donors (Lipinski definition) is 1. The minimum Gasteiger partial charge on any atom is -0.476 e. The van der Waals surface area contributed by atoms with Crippen LogP contribution in [0.15, 0.2) is 34.7 Å². The molecule has 3 aromatic rings. The van der Waals surface area contributed by atoms with Gasteiger partial charge in [-0.1, -0.05) is 23.4 Å². The first-order valence-electron chi connectivity index (χ1n) is 6.16. The van der Waals surface area contributed by atoms with Gasteiger partial charge in [0.15, 0.2) is 5.69 Å². The lowest BCUT2D eigenvalue weighted by molar-refractivity contribution is 0.0689. The second-order valence-corrected chi connectivity index (χ2v) is 4.35. The van der Waals surface area contributed by atoms with Crippen molar-refractivity contribution in [3.8, 4) is 11.5 Å². The molecule has 8 heteroatoms. The van der Waals surface area contributed by atoms with Crippen molar-refractivity contribution in [2.75, 3.05) is 0 Å². The van der Waals surface area contributed by atoms with Gasteiger partial charge in [0.2, 0.25) is 11.8 Å². The van der Waals surface area contributed by atoms with Crippen molar-refractivity contribution >= 4 is 5.97 Å². The first-order chi connectivity index (χ1) is 10.1. The number of hydrogen-bond acceptors (Lipinski definition) is 6. The second-order valence-electron chi connectivity index (χ2n) is 4.35. The minimum absolute atomic E-state index is 0.0854. The number of rotatable bonds is 4. The molecular formula is C13H11N5O3. The summed E-state index contributed by atoms with van der Waals surface area (Å²) < 4.78 is 6.95. The molecule has 0 bridgehead atoms. The van der Waals surface area contributed by atoms with Crippen molar-refractivity contribution in [1.82, 2.24) is 25.2 Å². The third-order valence-corrected chi connectivity index (χ3v) is 2.96. The van der Waals surface area contributed by atoms with Crippen molar-refractivity contribution in [3.05, 3.63) is 47.6 Å². The molecule has 8 nitrogen and oxygen atoms in total. The Hall–Kier alpha value is -3.03. The van der Waals surface area contributed by atoms with Crippen molar-refractivity contribution in [3.63, 3.8) is 0 Å². The van der Waals surface area contributed by atoms with Crippen molar-refractivity contribution in [1.29, 1.82) is 0 Å². The van der Waals surface area contributed by atoms with Crippen LogP contribution in [-0.2, 0) is 6.54 Å². The van der Waals surface area contributed by atoms with E-state index in [-0.39, 0.29) is 12.2 Å². The molecule has 0 amide bonds. The first-order valence-corrected chi connectivity index (χ1v) is 6.16. The summed E-state index contributed by atoms with van der Waals surface area (Å²) in [5.74, 6) is -0.380. The Labute approximate surface area is 119 Å². The van der Waals surface area contributed by atoms with Crippen molar-refractivity contribution in [2.45, 2.75) is 13.5 Å². The number of carboxylic acid groups (broad SMARTS) is 1. The predicted octanol–water partition coefficient (Wildman–Crippen LogP) is 1.38. The largest absolute Gasteiger partial charge is 0.476 e. The molecule has 106 valence electrons. The van der Waals surface area contributed by atoms with Crippen LogP contribution in [0.1, 0.15) is 22.1 Å². The molecule has 0 saturated heterocycles. The van der Waals surface area contributed by atoms with E-state index in [1.165, 1.54) is 4.68 Å². The van der Waals surface area contributed by atoms with Gasteiger partial charge in [-0.05, 0) is 19.1 Å². The quantitative estimate of drug-likeness (QED) is 0.771. The van der Waals surface area contributed by atoms with E-state index in [1.54, 1.807) is 6.92 Å². The number of aromatic nitrogens is 5. The normalized spacial score (nSPS) is 10.7. The van der Waals surface area contributed by atoms with E-state index in [2.05, 4.69) is 20.5 Å². The molecule has 1 N–H and O–H groups in total. The SMILES string of the molecule is Cc1c(C(=O)O)nnn1Cc1nnc(-c2ccccc2)o1. The molecule has 0 aliphatic heterocycles. The van der Waals surface area contributed by atoms with E-state index in [4.69, 9.17) is 9.52 Å². The van der Waals surface area contributed by atoms with Crippen LogP contribution in [0, 0.1) is 6.92 Å². The zero-order valence-corrected chi connectivity index (χ0v) is 11.1. The molecule has 0 aliphatic rings. The third kappa shape index (κ3) is 2.50. The molecule has 0 unspecified atom stereocenters. The number of aromatic carboxylic acids is 1. The van der Waals surface area contributed by atoms with Gasteiger partial charge in [-0.2, -0.15) is 0 Å². The Balaban J connectivity index is 1.84. The fourth-order valence-corrected chi connectivity index (χ4v) is 1.85. The lowest BCUT2D eigenvalue weighted by atomic mass is 10.2. The molecule has 0 saturated carbocycles. The molecule has 2 aromatic heterocycles. The lowest BCUT2D eigenvalue weighted by Crippen LogP contribution is -2.06. The summed E-state index contributed by atoms with van der Waals surface area (Å²) in [6.07, 6.45) is 0. The van der Waals surface area contributed by atoms with Crippen LogP contribution in [-0.4, -0.2) is 36.3 Å². The summed E-state index contributed by atoms with van der Waals surface area (Å²) in [5, 5.41) is 24.2. The Kier molecular flexibility index (Phi) is 3.19. The highest BCUT2D eigenvalue weighted by Gasteiger charge is 2.17. The maximum Gasteiger partial charge on any atom is 0.358 e. The zero-order valence-electron chi connectivity index (χ0n) is 11.1. The van der Waals surface area contributed by atoms with Gasteiger partial charge in [-0.15, -0.1) is 15.3 Å². The average molecular weight is 285 g/mol. The maximum absolute atomic E-state index is 10.9. The van der Waals surface area contributed by atoms with Crippen LogP contribution in [0.2, 0.25) is 0 Å². The second kappa shape index (κ2) is 5.16. The third-order valence-electron chi connectivity index (χ3n) is 2.96. The number of nitrogens with zero attached hydrogens (tertiary/aromatic N) is 5. The summed E-state index contributed by atoms with van der Waals surface area (Å²) in [7, 11) is 0. The zero-order chi connectivity index (χ0) is 14.8. The Morgan fingerprint density at radius 3 is 2.67 bits per heavy atom. The molecule has 0 atom stereocenters. The van der Waals surface area contributed by atoms with Crippen LogP contribution in [0.3, 0.4) is 0 Å². The standard InChI is InChI=1S/C13H11N5O3/c1-8-11(13(19)20)15-17-18(8)7-10-14-16-12(21-10)9-5-3-2-4-6-9/h2-6H,7H2,1H3,(H,19,20). The lowest BCUT2D eigenvalue weighted by Gasteiger charge is -1.98. The van der Waals surface area contributed by atoms with E-state index in [0.29, 0.717) is 17.5 Å². The molecule has 2 heterocycles. The fourth-order valence-electron chi connectivity index (χ4n) is 1.85. The first kappa shape index (κ1) is 13.0. The number of benzene rings is 1. The summed E-state index contributed by atoms with van der Waals surface area (Å²) >= 11 is 0. The van der Waals surface area contributed by atoms with Gasteiger partial charge in [0.1, 0.15) is 6.54 Å². The summed E-state index contributed by atoms with van der Waals surface area (Å²) in [5.41, 5.74) is 1.16. The van der Waals surface area contributed by atoms with Gasteiger partial charge in [-0.3, -0.25) is 0 Å². The molecule has 0 radical (unpaired) electrons. The molecule has 3 rings (SSSR count). The molecular weight excluding hydrogens is 274 g/mol. The van der Waals surface area contributed by atoms with Crippen LogP contribution in [0.5, 0.6) is 0 Å². The van der Waals surface area contributed by atoms with Crippen LogP contribution >= 0.6 is 0 Å². The van der Waals surface area contributed by atoms with Crippen LogP contribution in [0.4, 0.5) is 0 Å². The Morgan fingerprint density at radius 1 is 1.24 bits per heavy atom. The molecule has 0 spiro atoms. The van der Waals surface area contributed by atoms with E-state index >= 15 is 0 Å². The van der Waals surface area contributed by atoms with E-state index < -0.39 is 5.97 Å². The number of carbonyl (C=O) groups is 1. The highest BCUT2D eigenvalue weighted by Crippen LogP contribution is 2.17. The Bertz CT molecular complexity index is 778. The summed E-state index contributed by atoms with van der Waals surface area (Å²) in [6.45, 7) is 1.80. The van der Waals surface area contributed by atoms with Gasteiger partial charge in [0.05, 0.1) is 5.69 Å². The highest BCUT2D eigenvalue weighted by atomic mass is 16.4. The van der Waals surface area contributed by atoms with E-state index in [0.717, 1.165) is 5.56 Å². The van der Waals surface area contributed by atoms with Crippen molar-refractivity contribution in [2.24, 2.45) is 0 Å². The molecule has 21 heavy (non-hydrogen) atoms. The van der Waals surface area contributed by atoms with Gasteiger partial charge in [0, 0.05) is 5.56 Å². The topological polar surface area (TPSA) is 107 Å². The molecule has 0 fully saturated rings. The van der Waals surface area contributed by atoms with Crippen molar-refractivity contribution < 1.29 is 14.3 Å². The number of carboxylic acids is 1. The van der Waals surface area contributed by atoms with Gasteiger partial charge >= 0.3 is 5.97 Å². The average Bonchev–Trinajstić information content (AvgIpc) is 3.08. The van der Waals surface area contributed by atoms with Gasteiger partial charge in [-0.25, -0.2) is 9.48 Å². The van der Waals surface area contributed by atoms with E-state index in [1.807, 2.05) is 30.3 Å². The van der Waals surface area contributed by atoms with Crippen LogP contribution in [0.25, 0.3) is 11.5 Å². The maximum atomic E-state index is 10.9.